The number of carbonyl (C=O) groups is 1. The van der Waals surface area contributed by atoms with Gasteiger partial charge in [0.05, 0.1) is 5.52 Å². The Morgan fingerprint density at radius 3 is 2.36 bits per heavy atom. The third-order valence-electron chi connectivity index (χ3n) is 7.18. The molecule has 25 heavy (non-hydrogen) atoms. The lowest BCUT2D eigenvalue weighted by atomic mass is 9.48. The number of hydrogen-bond donors (Lipinski definition) is 1. The Kier molecular flexibility index (Phi) is 3.41. The van der Waals surface area contributed by atoms with Crippen molar-refractivity contribution < 1.29 is 4.79 Å². The number of amides is 1. The standard InChI is InChI=1S/C22H26N2O/c1-14(22-11-15-8-16(12-22)10-17(9-15)13-22)23-21(25)20-7-6-18-4-2-3-5-19(18)24-20/h2-7,14-17H,8-13H2,1H3,(H,23,25)/t14-,15?,16?,17?,22?/m0/s1. The van der Waals surface area contributed by atoms with Gasteiger partial charge >= 0.3 is 0 Å². The highest BCUT2D eigenvalue weighted by molar-refractivity contribution is 5.95. The SMILES string of the molecule is C[C@H](NC(=O)c1ccc2ccccc2n1)C12CC3CC(CC(C3)C1)C2. The van der Waals surface area contributed by atoms with Gasteiger partial charge in [0.1, 0.15) is 5.69 Å². The van der Waals surface area contributed by atoms with Crippen LogP contribution in [0.5, 0.6) is 0 Å². The Morgan fingerprint density at radius 2 is 1.68 bits per heavy atom. The predicted molar refractivity (Wildman–Crippen MR) is 99.3 cm³/mol. The van der Waals surface area contributed by atoms with E-state index in [-0.39, 0.29) is 11.9 Å². The second-order valence-electron chi connectivity index (χ2n) is 8.86. The second kappa shape index (κ2) is 5.55. The molecule has 1 aromatic carbocycles. The van der Waals surface area contributed by atoms with Gasteiger partial charge in [0.2, 0.25) is 0 Å². The van der Waals surface area contributed by atoms with Crippen molar-refractivity contribution in [3.05, 3.63) is 42.1 Å². The van der Waals surface area contributed by atoms with Gasteiger partial charge in [-0.2, -0.15) is 0 Å². The Labute approximate surface area is 149 Å². The van der Waals surface area contributed by atoms with Gasteiger partial charge in [-0.05, 0) is 80.8 Å². The molecule has 130 valence electrons. The number of rotatable bonds is 3. The fourth-order valence-electron chi connectivity index (χ4n) is 6.32. The van der Waals surface area contributed by atoms with Crippen LogP contribution in [0.4, 0.5) is 0 Å². The number of benzene rings is 1. The summed E-state index contributed by atoms with van der Waals surface area (Å²) in [5, 5.41) is 4.39. The molecule has 1 amide bonds. The number of fused-ring (bicyclic) bond motifs is 1. The second-order valence-corrected chi connectivity index (χ2v) is 8.86. The van der Waals surface area contributed by atoms with Crippen LogP contribution >= 0.6 is 0 Å². The van der Waals surface area contributed by atoms with Crippen molar-refractivity contribution in [1.82, 2.24) is 10.3 Å². The van der Waals surface area contributed by atoms with E-state index in [0.717, 1.165) is 28.7 Å². The number of carbonyl (C=O) groups excluding carboxylic acids is 1. The molecule has 0 saturated heterocycles. The number of nitrogens with one attached hydrogen (secondary N) is 1. The first-order valence-corrected chi connectivity index (χ1v) is 9.78. The molecule has 1 aromatic heterocycles. The van der Waals surface area contributed by atoms with Gasteiger partial charge in [-0.3, -0.25) is 4.79 Å². The number of pyridine rings is 1. The highest BCUT2D eigenvalue weighted by atomic mass is 16.1. The van der Waals surface area contributed by atoms with Crippen LogP contribution in [-0.4, -0.2) is 16.9 Å². The fourth-order valence-corrected chi connectivity index (χ4v) is 6.32. The Bertz CT molecular complexity index is 792. The van der Waals surface area contributed by atoms with E-state index < -0.39 is 0 Å². The molecule has 4 saturated carbocycles. The number of nitrogens with zero attached hydrogens (tertiary/aromatic N) is 1. The third kappa shape index (κ3) is 2.56. The average Bonchev–Trinajstić information content (AvgIpc) is 2.60. The smallest absolute Gasteiger partial charge is 0.270 e. The third-order valence-corrected chi connectivity index (χ3v) is 7.18. The zero-order valence-corrected chi connectivity index (χ0v) is 14.9. The van der Waals surface area contributed by atoms with Gasteiger partial charge in [0.15, 0.2) is 0 Å². The van der Waals surface area contributed by atoms with E-state index >= 15 is 0 Å². The van der Waals surface area contributed by atoms with Gasteiger partial charge in [-0.15, -0.1) is 0 Å². The molecule has 1 heterocycles. The van der Waals surface area contributed by atoms with E-state index in [4.69, 9.17) is 0 Å². The molecule has 0 radical (unpaired) electrons. The lowest BCUT2D eigenvalue weighted by Gasteiger charge is -2.59. The average molecular weight is 334 g/mol. The van der Waals surface area contributed by atoms with Crippen LogP contribution in [0.15, 0.2) is 36.4 Å². The van der Waals surface area contributed by atoms with Gasteiger partial charge in [0.25, 0.3) is 5.91 Å². The van der Waals surface area contributed by atoms with E-state index in [1.807, 2.05) is 36.4 Å². The first kappa shape index (κ1) is 15.4. The van der Waals surface area contributed by atoms with Crippen LogP contribution in [0.3, 0.4) is 0 Å². The van der Waals surface area contributed by atoms with Crippen molar-refractivity contribution >= 4 is 16.8 Å². The molecule has 3 nitrogen and oxygen atoms in total. The summed E-state index contributed by atoms with van der Waals surface area (Å²) in [6.07, 6.45) is 8.24. The molecular formula is C22H26N2O. The van der Waals surface area contributed by atoms with Crippen LogP contribution in [0.25, 0.3) is 10.9 Å². The summed E-state index contributed by atoms with van der Waals surface area (Å²) in [6.45, 7) is 2.23. The number of hydrogen-bond acceptors (Lipinski definition) is 2. The van der Waals surface area contributed by atoms with E-state index in [2.05, 4.69) is 17.2 Å². The molecule has 0 aliphatic heterocycles. The van der Waals surface area contributed by atoms with Crippen LogP contribution in [0.1, 0.15) is 55.9 Å². The van der Waals surface area contributed by atoms with Crippen LogP contribution in [-0.2, 0) is 0 Å². The van der Waals surface area contributed by atoms with Crippen molar-refractivity contribution in [2.45, 2.75) is 51.5 Å². The van der Waals surface area contributed by atoms with Gasteiger partial charge < -0.3 is 5.32 Å². The van der Waals surface area contributed by atoms with Crippen molar-refractivity contribution in [3.63, 3.8) is 0 Å². The molecule has 4 bridgehead atoms. The number of aromatic nitrogens is 1. The van der Waals surface area contributed by atoms with Gasteiger partial charge in [-0.25, -0.2) is 4.98 Å². The highest BCUT2D eigenvalue weighted by Gasteiger charge is 2.53. The maximum absolute atomic E-state index is 12.8. The molecule has 4 fully saturated rings. The highest BCUT2D eigenvalue weighted by Crippen LogP contribution is 2.61. The summed E-state index contributed by atoms with van der Waals surface area (Å²) < 4.78 is 0. The molecular weight excluding hydrogens is 308 g/mol. The summed E-state index contributed by atoms with van der Waals surface area (Å²) in [7, 11) is 0. The maximum atomic E-state index is 12.8. The molecule has 1 atom stereocenters. The van der Waals surface area contributed by atoms with Crippen LogP contribution < -0.4 is 5.32 Å². The quantitative estimate of drug-likeness (QED) is 0.893. The summed E-state index contributed by atoms with van der Waals surface area (Å²) in [4.78, 5) is 17.4. The number of para-hydroxylation sites is 1. The topological polar surface area (TPSA) is 42.0 Å². The zero-order chi connectivity index (χ0) is 17.0. The maximum Gasteiger partial charge on any atom is 0.270 e. The van der Waals surface area contributed by atoms with Crippen LogP contribution in [0, 0.1) is 23.2 Å². The lowest BCUT2D eigenvalue weighted by molar-refractivity contribution is -0.0688. The van der Waals surface area contributed by atoms with Gasteiger partial charge in [0, 0.05) is 11.4 Å². The summed E-state index contributed by atoms with van der Waals surface area (Å²) >= 11 is 0. The molecule has 0 spiro atoms. The van der Waals surface area contributed by atoms with E-state index in [0.29, 0.717) is 11.1 Å². The zero-order valence-electron chi connectivity index (χ0n) is 14.9. The van der Waals surface area contributed by atoms with E-state index in [9.17, 15) is 4.79 Å². The van der Waals surface area contributed by atoms with Crippen LogP contribution in [0.2, 0.25) is 0 Å². The summed E-state index contributed by atoms with van der Waals surface area (Å²) in [5.74, 6) is 2.70. The van der Waals surface area contributed by atoms with Gasteiger partial charge in [-0.1, -0.05) is 24.3 Å². The minimum absolute atomic E-state index is 0.0194. The Balaban J connectivity index is 1.36. The molecule has 1 N–H and O–H groups in total. The lowest BCUT2D eigenvalue weighted by Crippen LogP contribution is -2.55. The Hall–Kier alpha value is -1.90. The molecule has 6 rings (SSSR count). The molecule has 4 aliphatic rings. The van der Waals surface area contributed by atoms with E-state index in [1.54, 1.807) is 0 Å². The Morgan fingerprint density at radius 1 is 1.04 bits per heavy atom. The van der Waals surface area contributed by atoms with Crippen molar-refractivity contribution in [2.24, 2.45) is 23.2 Å². The molecule has 3 heteroatoms. The first-order valence-electron chi connectivity index (χ1n) is 9.78. The summed E-state index contributed by atoms with van der Waals surface area (Å²) in [5.41, 5.74) is 1.76. The molecule has 4 aliphatic carbocycles. The fraction of sp³-hybridized carbons (Fsp3) is 0.545. The first-order chi connectivity index (χ1) is 12.1. The van der Waals surface area contributed by atoms with Crippen molar-refractivity contribution in [3.8, 4) is 0 Å². The summed E-state index contributed by atoms with van der Waals surface area (Å²) in [6, 6.07) is 12.0. The largest absolute Gasteiger partial charge is 0.348 e. The molecule has 2 aromatic rings. The minimum Gasteiger partial charge on any atom is -0.348 e. The predicted octanol–water partition coefficient (Wildman–Crippen LogP) is 4.57. The molecule has 0 unspecified atom stereocenters. The monoisotopic (exact) mass is 334 g/mol. The normalized spacial score (nSPS) is 34.2. The van der Waals surface area contributed by atoms with Crippen molar-refractivity contribution in [2.75, 3.05) is 0 Å². The van der Waals surface area contributed by atoms with E-state index in [1.165, 1.54) is 38.5 Å². The minimum atomic E-state index is -0.0194. The van der Waals surface area contributed by atoms with Crippen molar-refractivity contribution in [1.29, 1.82) is 0 Å².